The van der Waals surface area contributed by atoms with E-state index in [0.717, 1.165) is 20.2 Å². The molecule has 0 saturated heterocycles. The van der Waals surface area contributed by atoms with E-state index in [1.165, 1.54) is 6.08 Å². The van der Waals surface area contributed by atoms with E-state index in [0.29, 0.717) is 4.47 Å². The third-order valence-corrected chi connectivity index (χ3v) is 5.32. The molecule has 0 radical (unpaired) electrons. The lowest BCUT2D eigenvalue weighted by Crippen LogP contribution is -2.13. The van der Waals surface area contributed by atoms with Crippen LogP contribution in [0.15, 0.2) is 50.1 Å². The molecule has 7 heteroatoms. The smallest absolute Gasteiger partial charge is 0.247 e. The number of hydrogen-bond acceptors (Lipinski definition) is 2. The highest BCUT2D eigenvalue weighted by Crippen LogP contribution is 2.27. The highest BCUT2D eigenvalue weighted by molar-refractivity contribution is 9.13. The summed E-state index contributed by atoms with van der Waals surface area (Å²) in [4.78, 5) is 14.7. The van der Waals surface area contributed by atoms with E-state index in [2.05, 4.69) is 58.1 Å². The van der Waals surface area contributed by atoms with Crippen LogP contribution in [0.2, 0.25) is 0 Å². The van der Waals surface area contributed by atoms with Crippen molar-refractivity contribution in [2.75, 3.05) is 0 Å². The Hall–Kier alpha value is -1.31. The van der Waals surface area contributed by atoms with E-state index in [1.54, 1.807) is 42.7 Å². The highest BCUT2D eigenvalue weighted by Gasteiger charge is 2.03. The molecule has 0 bridgehead atoms. The minimum atomic E-state index is -0.244. The first kappa shape index (κ1) is 17.1. The van der Waals surface area contributed by atoms with Crippen LogP contribution < -0.4 is 5.32 Å². The Bertz CT molecular complexity index is 751. The maximum atomic E-state index is 11.7. The molecule has 0 fully saturated rings. The van der Waals surface area contributed by atoms with Gasteiger partial charge in [0.25, 0.3) is 0 Å². The Balaban J connectivity index is 1.93. The predicted molar refractivity (Wildman–Crippen MR) is 98.2 cm³/mol. The number of aromatic hydroxyl groups is 1. The molecule has 1 amide bonds. The van der Waals surface area contributed by atoms with Gasteiger partial charge in [-0.2, -0.15) is 0 Å². The number of benzene rings is 1. The SMILES string of the molecule is O=C(C=Cc1[nH]cc(Br)c1Br)NC=Cc1ccc(O)c(Br)c1. The summed E-state index contributed by atoms with van der Waals surface area (Å²) in [5.41, 5.74) is 1.65. The van der Waals surface area contributed by atoms with Gasteiger partial charge in [-0.05, 0) is 77.6 Å². The lowest BCUT2D eigenvalue weighted by Gasteiger charge is -1.98. The van der Waals surface area contributed by atoms with Crippen molar-refractivity contribution in [2.45, 2.75) is 0 Å². The van der Waals surface area contributed by atoms with Crippen molar-refractivity contribution in [1.82, 2.24) is 10.3 Å². The van der Waals surface area contributed by atoms with Gasteiger partial charge in [0.05, 0.1) is 14.6 Å². The number of carbonyl (C=O) groups is 1. The number of amides is 1. The van der Waals surface area contributed by atoms with Gasteiger partial charge in [-0.1, -0.05) is 6.07 Å². The lowest BCUT2D eigenvalue weighted by atomic mass is 10.2. The van der Waals surface area contributed by atoms with E-state index >= 15 is 0 Å². The summed E-state index contributed by atoms with van der Waals surface area (Å²) < 4.78 is 2.36. The summed E-state index contributed by atoms with van der Waals surface area (Å²) in [5.74, 6) is -0.0708. The monoisotopic (exact) mass is 488 g/mol. The summed E-state index contributed by atoms with van der Waals surface area (Å²) in [5, 5.41) is 12.0. The molecule has 4 nitrogen and oxygen atoms in total. The van der Waals surface area contributed by atoms with Crippen LogP contribution in [0.25, 0.3) is 12.2 Å². The van der Waals surface area contributed by atoms with E-state index in [9.17, 15) is 9.90 Å². The second kappa shape index (κ2) is 7.80. The van der Waals surface area contributed by atoms with Gasteiger partial charge >= 0.3 is 0 Å². The first-order valence-electron chi connectivity index (χ1n) is 6.13. The second-order valence-corrected chi connectivity index (χ2v) is 6.75. The van der Waals surface area contributed by atoms with Gasteiger partial charge in [-0.25, -0.2) is 0 Å². The predicted octanol–water partition coefficient (Wildman–Crippen LogP) is 4.81. The van der Waals surface area contributed by atoms with E-state index in [1.807, 2.05) is 0 Å². The van der Waals surface area contributed by atoms with Crippen LogP contribution in [0.3, 0.4) is 0 Å². The number of nitrogens with one attached hydrogen (secondary N) is 2. The van der Waals surface area contributed by atoms with Crippen molar-refractivity contribution in [3.8, 4) is 5.75 Å². The summed E-state index contributed by atoms with van der Waals surface area (Å²) in [6.45, 7) is 0. The molecule has 3 N–H and O–H groups in total. The van der Waals surface area contributed by atoms with Crippen LogP contribution >= 0.6 is 47.8 Å². The molecule has 2 aromatic rings. The number of rotatable bonds is 4. The Morgan fingerprint density at radius 1 is 1.18 bits per heavy atom. The van der Waals surface area contributed by atoms with Gasteiger partial charge in [0.2, 0.25) is 5.91 Å². The Kier molecular flexibility index (Phi) is 6.05. The number of phenolic OH excluding ortho intramolecular Hbond substituents is 1. The average Bonchev–Trinajstić information content (AvgIpc) is 2.80. The lowest BCUT2D eigenvalue weighted by molar-refractivity contribution is -0.115. The molecule has 0 aliphatic carbocycles. The number of aromatic amines is 1. The standard InChI is InChI=1S/C15H11Br3N2O2/c16-10-7-9(1-3-13(10)21)5-6-19-14(22)4-2-12-15(18)11(17)8-20-12/h1-8,20-21H,(H,19,22). The van der Waals surface area contributed by atoms with Crippen LogP contribution in [0.1, 0.15) is 11.3 Å². The van der Waals surface area contributed by atoms with E-state index < -0.39 is 0 Å². The molecule has 0 spiro atoms. The van der Waals surface area contributed by atoms with Gasteiger partial charge < -0.3 is 15.4 Å². The van der Waals surface area contributed by atoms with Gasteiger partial charge in [0.15, 0.2) is 0 Å². The quantitative estimate of drug-likeness (QED) is 0.539. The van der Waals surface area contributed by atoms with Crippen LogP contribution in [0.5, 0.6) is 5.75 Å². The molecule has 114 valence electrons. The van der Waals surface area contributed by atoms with Gasteiger partial charge in [0, 0.05) is 22.9 Å². The van der Waals surface area contributed by atoms with Crippen molar-refractivity contribution in [3.63, 3.8) is 0 Å². The zero-order valence-electron chi connectivity index (χ0n) is 11.1. The molecular formula is C15H11Br3N2O2. The topological polar surface area (TPSA) is 65.1 Å². The summed E-state index contributed by atoms with van der Waals surface area (Å²) in [6.07, 6.45) is 8.17. The fourth-order valence-electron chi connectivity index (χ4n) is 1.57. The molecule has 22 heavy (non-hydrogen) atoms. The van der Waals surface area contributed by atoms with E-state index in [4.69, 9.17) is 0 Å². The molecule has 0 saturated carbocycles. The molecule has 0 unspecified atom stereocenters. The van der Waals surface area contributed by atoms with Crippen LogP contribution in [-0.4, -0.2) is 16.0 Å². The number of phenols is 1. The van der Waals surface area contributed by atoms with Crippen molar-refractivity contribution >= 4 is 65.8 Å². The number of carbonyl (C=O) groups excluding carboxylic acids is 1. The minimum absolute atomic E-state index is 0.173. The first-order chi connectivity index (χ1) is 10.5. The Labute approximate surface area is 152 Å². The van der Waals surface area contributed by atoms with Gasteiger partial charge in [-0.3, -0.25) is 4.79 Å². The van der Waals surface area contributed by atoms with E-state index in [-0.39, 0.29) is 11.7 Å². The second-order valence-electron chi connectivity index (χ2n) is 4.25. The molecule has 1 aromatic carbocycles. The highest BCUT2D eigenvalue weighted by atomic mass is 79.9. The van der Waals surface area contributed by atoms with Gasteiger partial charge in [-0.15, -0.1) is 0 Å². The Morgan fingerprint density at radius 3 is 2.59 bits per heavy atom. The number of hydrogen-bond donors (Lipinski definition) is 3. The number of halogens is 3. The summed E-state index contributed by atoms with van der Waals surface area (Å²) >= 11 is 9.98. The average molecular weight is 491 g/mol. The summed E-state index contributed by atoms with van der Waals surface area (Å²) in [7, 11) is 0. The number of aromatic nitrogens is 1. The van der Waals surface area contributed by atoms with Gasteiger partial charge in [0.1, 0.15) is 5.75 Å². The van der Waals surface area contributed by atoms with Crippen LogP contribution in [-0.2, 0) is 4.79 Å². The fourth-order valence-corrected chi connectivity index (χ4v) is 2.66. The molecule has 0 atom stereocenters. The molecule has 1 heterocycles. The summed E-state index contributed by atoms with van der Waals surface area (Å²) in [6, 6.07) is 5.07. The fraction of sp³-hybridized carbons (Fsp3) is 0. The minimum Gasteiger partial charge on any atom is -0.507 e. The van der Waals surface area contributed by atoms with Crippen molar-refractivity contribution in [2.24, 2.45) is 0 Å². The van der Waals surface area contributed by atoms with Crippen molar-refractivity contribution < 1.29 is 9.90 Å². The van der Waals surface area contributed by atoms with Crippen LogP contribution in [0.4, 0.5) is 0 Å². The zero-order valence-corrected chi connectivity index (χ0v) is 15.9. The number of H-pyrrole nitrogens is 1. The largest absolute Gasteiger partial charge is 0.507 e. The third-order valence-electron chi connectivity index (χ3n) is 2.68. The molecule has 2 rings (SSSR count). The maximum Gasteiger partial charge on any atom is 0.247 e. The molecule has 0 aliphatic rings. The van der Waals surface area contributed by atoms with Crippen molar-refractivity contribution in [1.29, 1.82) is 0 Å². The normalized spacial score (nSPS) is 11.4. The molecule has 0 aliphatic heterocycles. The Morgan fingerprint density at radius 2 is 1.95 bits per heavy atom. The molecule has 1 aromatic heterocycles. The zero-order chi connectivity index (χ0) is 16.1. The third kappa shape index (κ3) is 4.59. The van der Waals surface area contributed by atoms with Crippen LogP contribution in [0, 0.1) is 0 Å². The molecular weight excluding hydrogens is 480 g/mol. The maximum absolute atomic E-state index is 11.7. The first-order valence-corrected chi connectivity index (χ1v) is 8.51. The van der Waals surface area contributed by atoms with Crippen molar-refractivity contribution in [3.05, 3.63) is 61.3 Å².